The van der Waals surface area contributed by atoms with Gasteiger partial charge in [0.2, 0.25) is 0 Å². The fourth-order valence-corrected chi connectivity index (χ4v) is 4.02. The second-order valence-electron chi connectivity index (χ2n) is 8.03. The molecule has 2 aliphatic rings. The molecule has 2 aliphatic heterocycles. The van der Waals surface area contributed by atoms with Crippen LogP contribution in [0.2, 0.25) is 0 Å². The predicted octanol–water partition coefficient (Wildman–Crippen LogP) is 2.89. The Morgan fingerprint density at radius 3 is 2.65 bits per heavy atom. The molecule has 0 saturated carbocycles. The summed E-state index contributed by atoms with van der Waals surface area (Å²) < 4.78 is 16.4. The zero-order valence-corrected chi connectivity index (χ0v) is 16.2. The standard InChI is InChI=1S/C20H29NO5/c1-6-20(4)12-21(18(23)17-11-25-19(2,3)26-17)10-14(20)13-7-8-16(24-5)15(22)9-13/h7-9,14,17,22H,6,10-12H2,1-5H3. The summed E-state index contributed by atoms with van der Waals surface area (Å²) in [7, 11) is 1.53. The Morgan fingerprint density at radius 1 is 1.38 bits per heavy atom. The van der Waals surface area contributed by atoms with Gasteiger partial charge < -0.3 is 24.2 Å². The van der Waals surface area contributed by atoms with Crippen LogP contribution in [0, 0.1) is 5.41 Å². The molecule has 2 heterocycles. The van der Waals surface area contributed by atoms with Crippen molar-refractivity contribution in [3.63, 3.8) is 0 Å². The van der Waals surface area contributed by atoms with Crippen LogP contribution in [0.15, 0.2) is 18.2 Å². The Kier molecular flexibility index (Phi) is 4.92. The summed E-state index contributed by atoms with van der Waals surface area (Å²) in [6, 6.07) is 5.51. The van der Waals surface area contributed by atoms with Crippen molar-refractivity contribution in [2.24, 2.45) is 5.41 Å². The molecule has 26 heavy (non-hydrogen) atoms. The lowest BCUT2D eigenvalue weighted by Crippen LogP contribution is -2.40. The predicted molar refractivity (Wildman–Crippen MR) is 97.3 cm³/mol. The van der Waals surface area contributed by atoms with E-state index in [9.17, 15) is 9.90 Å². The van der Waals surface area contributed by atoms with Gasteiger partial charge in [-0.3, -0.25) is 4.79 Å². The minimum absolute atomic E-state index is 0.0181. The third-order valence-corrected chi connectivity index (χ3v) is 5.80. The zero-order chi connectivity index (χ0) is 19.1. The van der Waals surface area contributed by atoms with Crippen LogP contribution in [0.4, 0.5) is 0 Å². The van der Waals surface area contributed by atoms with Crippen molar-refractivity contribution in [1.29, 1.82) is 0 Å². The number of ether oxygens (including phenoxy) is 3. The summed E-state index contributed by atoms with van der Waals surface area (Å²) >= 11 is 0. The number of likely N-dealkylation sites (tertiary alicyclic amines) is 1. The number of carbonyl (C=O) groups is 1. The first-order valence-electron chi connectivity index (χ1n) is 9.16. The maximum Gasteiger partial charge on any atom is 0.254 e. The molecule has 0 spiro atoms. The largest absolute Gasteiger partial charge is 0.504 e. The number of benzene rings is 1. The molecule has 3 atom stereocenters. The van der Waals surface area contributed by atoms with Crippen molar-refractivity contribution in [3.8, 4) is 11.5 Å². The van der Waals surface area contributed by atoms with E-state index in [2.05, 4.69) is 13.8 Å². The van der Waals surface area contributed by atoms with Gasteiger partial charge in [0, 0.05) is 19.0 Å². The molecule has 0 bridgehead atoms. The maximum absolute atomic E-state index is 12.9. The molecular formula is C20H29NO5. The molecule has 144 valence electrons. The average Bonchev–Trinajstić information content (AvgIpc) is 3.14. The van der Waals surface area contributed by atoms with Crippen molar-refractivity contribution in [2.45, 2.75) is 51.9 Å². The molecule has 3 unspecified atom stereocenters. The third-order valence-electron chi connectivity index (χ3n) is 5.80. The summed E-state index contributed by atoms with van der Waals surface area (Å²) in [6.45, 7) is 9.55. The SMILES string of the molecule is CCC1(C)CN(C(=O)C2COC(C)(C)O2)CC1c1ccc(OC)c(O)c1. The second-order valence-corrected chi connectivity index (χ2v) is 8.03. The van der Waals surface area contributed by atoms with Gasteiger partial charge in [0.05, 0.1) is 13.7 Å². The van der Waals surface area contributed by atoms with Crippen molar-refractivity contribution in [1.82, 2.24) is 4.90 Å². The molecule has 0 aliphatic carbocycles. The van der Waals surface area contributed by atoms with Gasteiger partial charge in [0.1, 0.15) is 0 Å². The Morgan fingerprint density at radius 2 is 2.12 bits per heavy atom. The summed E-state index contributed by atoms with van der Waals surface area (Å²) in [5.41, 5.74) is 0.956. The highest BCUT2D eigenvalue weighted by Crippen LogP contribution is 2.46. The first-order chi connectivity index (χ1) is 12.2. The molecule has 1 aromatic rings. The Bertz CT molecular complexity index is 689. The highest BCUT2D eigenvalue weighted by Gasteiger charge is 2.47. The average molecular weight is 363 g/mol. The molecule has 1 aromatic carbocycles. The number of hydrogen-bond donors (Lipinski definition) is 1. The minimum atomic E-state index is -0.713. The summed E-state index contributed by atoms with van der Waals surface area (Å²) in [4.78, 5) is 14.8. The van der Waals surface area contributed by atoms with E-state index in [1.165, 1.54) is 7.11 Å². The number of phenolic OH excluding ortho intramolecular Hbond substituents is 1. The molecule has 6 nitrogen and oxygen atoms in total. The van der Waals surface area contributed by atoms with Crippen molar-refractivity contribution in [2.75, 3.05) is 26.8 Å². The van der Waals surface area contributed by atoms with Crippen molar-refractivity contribution < 1.29 is 24.1 Å². The minimum Gasteiger partial charge on any atom is -0.504 e. The third kappa shape index (κ3) is 3.40. The number of amides is 1. The first-order valence-corrected chi connectivity index (χ1v) is 9.16. The summed E-state index contributed by atoms with van der Waals surface area (Å²) in [6.07, 6.45) is 0.385. The van der Waals surface area contributed by atoms with E-state index in [1.807, 2.05) is 24.8 Å². The van der Waals surface area contributed by atoms with E-state index >= 15 is 0 Å². The Balaban J connectivity index is 1.81. The molecule has 0 aromatic heterocycles. The number of carbonyl (C=O) groups excluding carboxylic acids is 1. The quantitative estimate of drug-likeness (QED) is 0.891. The van der Waals surface area contributed by atoms with Gasteiger partial charge in [-0.25, -0.2) is 0 Å². The first kappa shape index (κ1) is 19.0. The van der Waals surface area contributed by atoms with Crippen LogP contribution < -0.4 is 4.74 Å². The number of aromatic hydroxyl groups is 1. The van der Waals surface area contributed by atoms with Crippen LogP contribution in [0.5, 0.6) is 11.5 Å². The highest BCUT2D eigenvalue weighted by molar-refractivity contribution is 5.82. The number of rotatable bonds is 4. The summed E-state index contributed by atoms with van der Waals surface area (Å²) in [5.74, 6) is -0.00635. The Labute approximate surface area is 155 Å². The number of phenols is 1. The smallest absolute Gasteiger partial charge is 0.254 e. The maximum atomic E-state index is 12.9. The fourth-order valence-electron chi connectivity index (χ4n) is 4.02. The molecule has 1 amide bonds. The molecule has 2 saturated heterocycles. The molecule has 1 N–H and O–H groups in total. The molecule has 3 rings (SSSR count). The van der Waals surface area contributed by atoms with Crippen LogP contribution in [0.25, 0.3) is 0 Å². The van der Waals surface area contributed by atoms with Crippen LogP contribution in [-0.2, 0) is 14.3 Å². The van der Waals surface area contributed by atoms with E-state index in [4.69, 9.17) is 14.2 Å². The van der Waals surface area contributed by atoms with Gasteiger partial charge in [-0.05, 0) is 43.4 Å². The molecule has 2 fully saturated rings. The van der Waals surface area contributed by atoms with Gasteiger partial charge >= 0.3 is 0 Å². The molecule has 6 heteroatoms. The van der Waals surface area contributed by atoms with E-state index < -0.39 is 11.9 Å². The zero-order valence-electron chi connectivity index (χ0n) is 16.2. The molecular weight excluding hydrogens is 334 g/mol. The van der Waals surface area contributed by atoms with Gasteiger partial charge in [-0.15, -0.1) is 0 Å². The van der Waals surface area contributed by atoms with Crippen molar-refractivity contribution in [3.05, 3.63) is 23.8 Å². The van der Waals surface area contributed by atoms with E-state index in [1.54, 1.807) is 12.1 Å². The number of hydrogen-bond acceptors (Lipinski definition) is 5. The van der Waals surface area contributed by atoms with Crippen LogP contribution >= 0.6 is 0 Å². The lowest BCUT2D eigenvalue weighted by Gasteiger charge is -2.29. The van der Waals surface area contributed by atoms with Gasteiger partial charge in [0.15, 0.2) is 23.4 Å². The van der Waals surface area contributed by atoms with Crippen LogP contribution in [-0.4, -0.2) is 54.6 Å². The van der Waals surface area contributed by atoms with Gasteiger partial charge in [-0.2, -0.15) is 0 Å². The topological polar surface area (TPSA) is 68.2 Å². The highest BCUT2D eigenvalue weighted by atomic mass is 16.7. The Hall–Kier alpha value is -1.79. The van der Waals surface area contributed by atoms with E-state index in [0.717, 1.165) is 12.0 Å². The molecule has 0 radical (unpaired) electrons. The van der Waals surface area contributed by atoms with Crippen LogP contribution in [0.3, 0.4) is 0 Å². The lowest BCUT2D eigenvalue weighted by atomic mass is 9.74. The number of methoxy groups -OCH3 is 1. The number of nitrogens with zero attached hydrogens (tertiary/aromatic N) is 1. The normalized spacial score (nSPS) is 30.6. The second kappa shape index (κ2) is 6.74. The monoisotopic (exact) mass is 363 g/mol. The van der Waals surface area contributed by atoms with Gasteiger partial charge in [0.25, 0.3) is 5.91 Å². The van der Waals surface area contributed by atoms with E-state index in [0.29, 0.717) is 25.4 Å². The van der Waals surface area contributed by atoms with Crippen LogP contribution in [0.1, 0.15) is 45.6 Å². The van der Waals surface area contributed by atoms with Gasteiger partial charge in [-0.1, -0.05) is 19.9 Å². The summed E-state index contributed by atoms with van der Waals surface area (Å²) in [5, 5.41) is 10.2. The van der Waals surface area contributed by atoms with E-state index in [-0.39, 0.29) is 23.0 Å². The lowest BCUT2D eigenvalue weighted by molar-refractivity contribution is -0.159. The van der Waals surface area contributed by atoms with Crippen molar-refractivity contribution >= 4 is 5.91 Å². The fraction of sp³-hybridized carbons (Fsp3) is 0.650.